The normalized spacial score (nSPS) is 16.9. The fraction of sp³-hybridized carbons (Fsp3) is 0.500. The summed E-state index contributed by atoms with van der Waals surface area (Å²) >= 11 is 5.87. The van der Waals surface area contributed by atoms with Gasteiger partial charge in [0.25, 0.3) is 0 Å². The average Bonchev–Trinajstić information content (AvgIpc) is 2.41. The first kappa shape index (κ1) is 16.3. The lowest BCUT2D eigenvalue weighted by atomic mass is 10.0. The Bertz CT molecular complexity index is 648. The Balaban J connectivity index is 2.37. The van der Waals surface area contributed by atoms with Crippen molar-refractivity contribution >= 4 is 27.4 Å². The Morgan fingerprint density at radius 1 is 1.38 bits per heavy atom. The molecule has 7 heteroatoms. The molecule has 1 fully saturated rings. The van der Waals surface area contributed by atoms with Gasteiger partial charge in [0.2, 0.25) is 0 Å². The molecule has 0 unspecified atom stereocenters. The van der Waals surface area contributed by atoms with Gasteiger partial charge >= 0.3 is 5.97 Å². The van der Waals surface area contributed by atoms with E-state index in [9.17, 15) is 13.2 Å². The van der Waals surface area contributed by atoms with Gasteiger partial charge in [-0.25, -0.2) is 13.2 Å². The molecule has 21 heavy (non-hydrogen) atoms. The fourth-order valence-electron chi connectivity index (χ4n) is 2.51. The number of benzene rings is 1. The number of hydrogen-bond acceptors (Lipinski definition) is 4. The Hall–Kier alpha value is -1.11. The van der Waals surface area contributed by atoms with Crippen LogP contribution in [0.4, 0.5) is 0 Å². The van der Waals surface area contributed by atoms with Crippen LogP contribution in [0.5, 0.6) is 0 Å². The van der Waals surface area contributed by atoms with E-state index in [4.69, 9.17) is 21.4 Å². The van der Waals surface area contributed by atoms with E-state index in [1.165, 1.54) is 19.1 Å². The minimum Gasteiger partial charge on any atom is -0.478 e. The van der Waals surface area contributed by atoms with Crippen LogP contribution in [0.15, 0.2) is 17.0 Å². The van der Waals surface area contributed by atoms with Crippen molar-refractivity contribution in [2.24, 2.45) is 5.92 Å². The Morgan fingerprint density at radius 3 is 2.57 bits per heavy atom. The Labute approximate surface area is 128 Å². The van der Waals surface area contributed by atoms with Crippen LogP contribution in [-0.2, 0) is 14.6 Å². The van der Waals surface area contributed by atoms with Crippen molar-refractivity contribution in [2.75, 3.05) is 19.0 Å². The number of carboxylic acid groups (broad SMARTS) is 1. The van der Waals surface area contributed by atoms with Gasteiger partial charge in [0.15, 0.2) is 9.84 Å². The summed E-state index contributed by atoms with van der Waals surface area (Å²) in [5, 5.41) is 9.25. The summed E-state index contributed by atoms with van der Waals surface area (Å²) in [5.74, 6) is -1.15. The molecule has 0 spiro atoms. The quantitative estimate of drug-likeness (QED) is 0.916. The molecular weight excluding hydrogens is 316 g/mol. The summed E-state index contributed by atoms with van der Waals surface area (Å²) < 4.78 is 30.3. The van der Waals surface area contributed by atoms with Crippen molar-refractivity contribution in [1.29, 1.82) is 0 Å². The van der Waals surface area contributed by atoms with Gasteiger partial charge in [0, 0.05) is 18.2 Å². The number of ether oxygens (including phenoxy) is 1. The van der Waals surface area contributed by atoms with Gasteiger partial charge < -0.3 is 9.84 Å². The third-order valence-corrected chi connectivity index (χ3v) is 5.91. The molecule has 1 aromatic rings. The number of hydrogen-bond donors (Lipinski definition) is 1. The molecule has 1 N–H and O–H groups in total. The zero-order valence-electron chi connectivity index (χ0n) is 11.6. The Kier molecular flexibility index (Phi) is 4.91. The third kappa shape index (κ3) is 3.75. The van der Waals surface area contributed by atoms with Crippen molar-refractivity contribution in [3.05, 3.63) is 28.3 Å². The molecule has 0 aromatic heterocycles. The summed E-state index contributed by atoms with van der Waals surface area (Å²) in [4.78, 5) is 11.2. The van der Waals surface area contributed by atoms with Crippen LogP contribution in [0.3, 0.4) is 0 Å². The van der Waals surface area contributed by atoms with Crippen LogP contribution < -0.4 is 0 Å². The maximum Gasteiger partial charge on any atom is 0.336 e. The van der Waals surface area contributed by atoms with Crippen molar-refractivity contribution < 1.29 is 23.1 Å². The van der Waals surface area contributed by atoms with Crippen LogP contribution in [0, 0.1) is 12.8 Å². The van der Waals surface area contributed by atoms with E-state index in [0.29, 0.717) is 26.1 Å². The highest BCUT2D eigenvalue weighted by Gasteiger charge is 2.26. The third-order valence-electron chi connectivity index (χ3n) is 3.69. The second kappa shape index (κ2) is 6.34. The zero-order chi connectivity index (χ0) is 15.6. The molecule has 0 radical (unpaired) electrons. The molecule has 2 rings (SSSR count). The van der Waals surface area contributed by atoms with E-state index < -0.39 is 15.8 Å². The molecule has 1 aliphatic heterocycles. The molecule has 1 aliphatic rings. The summed E-state index contributed by atoms with van der Waals surface area (Å²) in [6.07, 6.45) is 1.40. The second-order valence-corrected chi connectivity index (χ2v) is 7.66. The predicted molar refractivity (Wildman–Crippen MR) is 78.7 cm³/mol. The lowest BCUT2D eigenvalue weighted by Gasteiger charge is -2.22. The summed E-state index contributed by atoms with van der Waals surface area (Å²) in [7, 11) is -3.57. The number of aromatic carboxylic acids is 1. The van der Waals surface area contributed by atoms with E-state index >= 15 is 0 Å². The molecule has 1 aromatic carbocycles. The maximum atomic E-state index is 12.6. The largest absolute Gasteiger partial charge is 0.478 e. The number of halogens is 1. The number of carboxylic acids is 1. The van der Waals surface area contributed by atoms with Crippen LogP contribution in [0.1, 0.15) is 28.8 Å². The lowest BCUT2D eigenvalue weighted by Crippen LogP contribution is -2.24. The van der Waals surface area contributed by atoms with Crippen LogP contribution >= 0.6 is 11.6 Å². The van der Waals surface area contributed by atoms with E-state index in [2.05, 4.69) is 0 Å². The van der Waals surface area contributed by atoms with Gasteiger partial charge in [0.1, 0.15) is 0 Å². The second-order valence-electron chi connectivity index (χ2n) is 5.22. The molecule has 0 atom stereocenters. The molecule has 0 bridgehead atoms. The highest BCUT2D eigenvalue weighted by Crippen LogP contribution is 2.28. The number of carbonyl (C=O) groups is 1. The van der Waals surface area contributed by atoms with Crippen LogP contribution in [0.25, 0.3) is 0 Å². The van der Waals surface area contributed by atoms with Gasteiger partial charge in [0.05, 0.1) is 16.2 Å². The topological polar surface area (TPSA) is 80.7 Å². The van der Waals surface area contributed by atoms with Gasteiger partial charge in [-0.2, -0.15) is 0 Å². The van der Waals surface area contributed by atoms with Gasteiger partial charge in [-0.3, -0.25) is 0 Å². The highest BCUT2D eigenvalue weighted by atomic mass is 35.5. The van der Waals surface area contributed by atoms with Crippen molar-refractivity contribution in [2.45, 2.75) is 24.7 Å². The smallest absolute Gasteiger partial charge is 0.336 e. The highest BCUT2D eigenvalue weighted by molar-refractivity contribution is 7.91. The van der Waals surface area contributed by atoms with E-state index in [1.807, 2.05) is 0 Å². The molecular formula is C14H17ClO5S. The number of rotatable bonds is 4. The molecule has 0 amide bonds. The van der Waals surface area contributed by atoms with Crippen molar-refractivity contribution in [3.63, 3.8) is 0 Å². The van der Waals surface area contributed by atoms with Gasteiger partial charge in [-0.1, -0.05) is 11.6 Å². The molecule has 1 heterocycles. The van der Waals surface area contributed by atoms with E-state index in [0.717, 1.165) is 0 Å². The van der Waals surface area contributed by atoms with Crippen molar-refractivity contribution in [1.82, 2.24) is 0 Å². The number of sulfone groups is 1. The average molecular weight is 333 g/mol. The molecule has 0 aliphatic carbocycles. The van der Waals surface area contributed by atoms with Gasteiger partial charge in [-0.05, 0) is 43.4 Å². The minimum atomic E-state index is -3.57. The van der Waals surface area contributed by atoms with Crippen LogP contribution in [-0.4, -0.2) is 38.5 Å². The SMILES string of the molecule is Cc1c(C(=O)O)cc(Cl)cc1S(=O)(=O)CC1CCOCC1. The molecule has 0 saturated carbocycles. The summed E-state index contributed by atoms with van der Waals surface area (Å²) in [6.45, 7) is 2.63. The van der Waals surface area contributed by atoms with Crippen LogP contribution in [0.2, 0.25) is 5.02 Å². The van der Waals surface area contributed by atoms with E-state index in [1.54, 1.807) is 0 Å². The lowest BCUT2D eigenvalue weighted by molar-refractivity contribution is 0.0695. The van der Waals surface area contributed by atoms with Crippen molar-refractivity contribution in [3.8, 4) is 0 Å². The fourth-order valence-corrected chi connectivity index (χ4v) is 4.81. The van der Waals surface area contributed by atoms with E-state index in [-0.39, 0.29) is 32.7 Å². The molecule has 5 nitrogen and oxygen atoms in total. The first-order valence-electron chi connectivity index (χ1n) is 6.65. The maximum absolute atomic E-state index is 12.6. The minimum absolute atomic E-state index is 0.00337. The Morgan fingerprint density at radius 2 is 2.00 bits per heavy atom. The first-order valence-corrected chi connectivity index (χ1v) is 8.68. The monoisotopic (exact) mass is 332 g/mol. The molecule has 116 valence electrons. The molecule has 1 saturated heterocycles. The standard InChI is InChI=1S/C14H17ClO5S/c1-9-12(14(16)17)6-11(15)7-13(9)21(18,19)8-10-2-4-20-5-3-10/h6-7,10H,2-5,8H2,1H3,(H,16,17). The predicted octanol–water partition coefficient (Wildman–Crippen LogP) is 2.55. The summed E-state index contributed by atoms with van der Waals surface area (Å²) in [6, 6.07) is 2.60. The first-order chi connectivity index (χ1) is 9.81. The zero-order valence-corrected chi connectivity index (χ0v) is 13.2. The van der Waals surface area contributed by atoms with Gasteiger partial charge in [-0.15, -0.1) is 0 Å². The summed E-state index contributed by atoms with van der Waals surface area (Å²) in [5.41, 5.74) is 0.159.